The first-order chi connectivity index (χ1) is 9.65. The fourth-order valence-electron chi connectivity index (χ4n) is 2.59. The Morgan fingerprint density at radius 1 is 1.40 bits per heavy atom. The number of para-hydroxylation sites is 1. The Hall–Kier alpha value is -1.46. The Morgan fingerprint density at radius 3 is 3.05 bits per heavy atom. The number of hydrogen-bond donors (Lipinski definition) is 1. The van der Waals surface area contributed by atoms with Crippen molar-refractivity contribution in [3.05, 3.63) is 35.0 Å². The number of aromatic nitrogens is 2. The highest BCUT2D eigenvalue weighted by atomic mass is 35.5. The van der Waals surface area contributed by atoms with Crippen LogP contribution >= 0.6 is 11.6 Å². The van der Waals surface area contributed by atoms with Crippen molar-refractivity contribution in [3.8, 4) is 0 Å². The maximum atomic E-state index is 12.5. The normalized spacial score (nSPS) is 16.9. The summed E-state index contributed by atoms with van der Waals surface area (Å²) in [4.78, 5) is 1.76. The first-order valence-electron chi connectivity index (χ1n) is 6.47. The minimum atomic E-state index is -2.30. The van der Waals surface area contributed by atoms with E-state index in [1.807, 2.05) is 12.1 Å². The van der Waals surface area contributed by atoms with Gasteiger partial charge in [0.15, 0.2) is 0 Å². The summed E-state index contributed by atoms with van der Waals surface area (Å²) in [5.41, 5.74) is 2.60. The standard InChI is InChI=1S/C14H14ClF2N3/c15-11-5-1-4-10-13(18-19-14(10)11)9-3-2-6-20(7-9)8-12(16)17/h1,3-5,12H,2,6-8H2,(H,18,19). The largest absolute Gasteiger partial charge is 0.293 e. The van der Waals surface area contributed by atoms with Gasteiger partial charge in [0, 0.05) is 18.5 Å². The minimum Gasteiger partial charge on any atom is -0.293 e. The van der Waals surface area contributed by atoms with E-state index in [1.54, 1.807) is 11.0 Å². The van der Waals surface area contributed by atoms with Gasteiger partial charge in [-0.1, -0.05) is 29.8 Å². The lowest BCUT2D eigenvalue weighted by Gasteiger charge is -2.26. The van der Waals surface area contributed by atoms with Crippen molar-refractivity contribution in [2.24, 2.45) is 0 Å². The lowest BCUT2D eigenvalue weighted by atomic mass is 10.0. The fourth-order valence-corrected chi connectivity index (χ4v) is 2.80. The predicted octanol–water partition coefficient (Wildman–Crippen LogP) is 3.57. The molecule has 0 atom stereocenters. The number of alkyl halides is 2. The zero-order valence-corrected chi connectivity index (χ0v) is 11.5. The number of hydrogen-bond acceptors (Lipinski definition) is 2. The summed E-state index contributed by atoms with van der Waals surface area (Å²) in [6.07, 6.45) is 0.543. The molecule has 0 saturated carbocycles. The topological polar surface area (TPSA) is 31.9 Å². The Morgan fingerprint density at radius 2 is 2.25 bits per heavy atom. The molecule has 0 aliphatic carbocycles. The van der Waals surface area contributed by atoms with Crippen molar-refractivity contribution >= 4 is 28.1 Å². The number of nitrogens with zero attached hydrogens (tertiary/aromatic N) is 2. The molecule has 106 valence electrons. The van der Waals surface area contributed by atoms with Crippen molar-refractivity contribution in [1.29, 1.82) is 0 Å². The van der Waals surface area contributed by atoms with Gasteiger partial charge in [-0.3, -0.25) is 10.00 Å². The van der Waals surface area contributed by atoms with Crippen molar-refractivity contribution in [2.75, 3.05) is 19.6 Å². The number of nitrogens with one attached hydrogen (secondary N) is 1. The van der Waals surface area contributed by atoms with Crippen LogP contribution in [-0.2, 0) is 0 Å². The molecule has 1 aliphatic heterocycles. The Bertz CT molecular complexity index is 651. The number of halogens is 3. The molecular formula is C14H14ClF2N3. The maximum Gasteiger partial charge on any atom is 0.251 e. The first kappa shape index (κ1) is 13.5. The molecule has 1 aromatic carbocycles. The van der Waals surface area contributed by atoms with Gasteiger partial charge in [-0.15, -0.1) is 0 Å². The molecule has 0 unspecified atom stereocenters. The molecule has 0 amide bonds. The molecule has 1 N–H and O–H groups in total. The third-order valence-corrected chi connectivity index (χ3v) is 3.79. The van der Waals surface area contributed by atoms with E-state index in [0.29, 0.717) is 18.1 Å². The summed E-state index contributed by atoms with van der Waals surface area (Å²) in [5.74, 6) is 0. The average molecular weight is 298 g/mol. The molecule has 1 aliphatic rings. The molecule has 0 saturated heterocycles. The van der Waals surface area contributed by atoms with Gasteiger partial charge in [-0.25, -0.2) is 8.78 Å². The predicted molar refractivity (Wildman–Crippen MR) is 76.1 cm³/mol. The molecule has 3 nitrogen and oxygen atoms in total. The van der Waals surface area contributed by atoms with Crippen LogP contribution in [0.1, 0.15) is 12.1 Å². The molecule has 6 heteroatoms. The van der Waals surface area contributed by atoms with Gasteiger partial charge >= 0.3 is 0 Å². The van der Waals surface area contributed by atoms with E-state index in [2.05, 4.69) is 16.3 Å². The van der Waals surface area contributed by atoms with E-state index >= 15 is 0 Å². The summed E-state index contributed by atoms with van der Waals surface area (Å²) >= 11 is 6.10. The Kier molecular flexibility index (Phi) is 3.72. The zero-order chi connectivity index (χ0) is 14.1. The minimum absolute atomic E-state index is 0.190. The van der Waals surface area contributed by atoms with Crippen LogP contribution in [-0.4, -0.2) is 41.2 Å². The molecule has 0 spiro atoms. The number of rotatable bonds is 3. The summed E-state index contributed by atoms with van der Waals surface area (Å²) in [6, 6.07) is 5.59. The summed E-state index contributed by atoms with van der Waals surface area (Å²) in [7, 11) is 0. The summed E-state index contributed by atoms with van der Waals surface area (Å²) in [5, 5.41) is 8.72. The van der Waals surface area contributed by atoms with E-state index < -0.39 is 6.43 Å². The monoisotopic (exact) mass is 297 g/mol. The van der Waals surface area contributed by atoms with Gasteiger partial charge in [0.25, 0.3) is 6.43 Å². The molecule has 3 rings (SSSR count). The van der Waals surface area contributed by atoms with Gasteiger partial charge in [-0.05, 0) is 18.1 Å². The van der Waals surface area contributed by atoms with Crippen molar-refractivity contribution in [1.82, 2.24) is 15.1 Å². The van der Waals surface area contributed by atoms with E-state index in [4.69, 9.17) is 11.6 Å². The van der Waals surface area contributed by atoms with E-state index in [-0.39, 0.29) is 6.54 Å². The molecule has 2 heterocycles. The molecule has 0 radical (unpaired) electrons. The van der Waals surface area contributed by atoms with E-state index in [0.717, 1.165) is 28.6 Å². The van der Waals surface area contributed by atoms with Gasteiger partial charge in [0.2, 0.25) is 0 Å². The molecule has 0 bridgehead atoms. The van der Waals surface area contributed by atoms with E-state index in [9.17, 15) is 8.78 Å². The van der Waals surface area contributed by atoms with Crippen molar-refractivity contribution in [3.63, 3.8) is 0 Å². The summed E-state index contributed by atoms with van der Waals surface area (Å²) in [6.45, 7) is 0.985. The fraction of sp³-hybridized carbons (Fsp3) is 0.357. The van der Waals surface area contributed by atoms with Crippen LogP contribution in [0, 0.1) is 0 Å². The lowest BCUT2D eigenvalue weighted by molar-refractivity contribution is 0.0941. The van der Waals surface area contributed by atoms with Crippen molar-refractivity contribution in [2.45, 2.75) is 12.8 Å². The Balaban J connectivity index is 1.91. The second-order valence-electron chi connectivity index (χ2n) is 4.88. The van der Waals surface area contributed by atoms with Crippen molar-refractivity contribution < 1.29 is 8.78 Å². The quantitative estimate of drug-likeness (QED) is 0.939. The second kappa shape index (κ2) is 5.50. The van der Waals surface area contributed by atoms with Crippen LogP contribution in [0.4, 0.5) is 8.78 Å². The van der Waals surface area contributed by atoms with E-state index in [1.165, 1.54) is 0 Å². The third kappa shape index (κ3) is 2.55. The van der Waals surface area contributed by atoms with Gasteiger partial charge in [0.05, 0.1) is 17.3 Å². The third-order valence-electron chi connectivity index (χ3n) is 3.48. The van der Waals surface area contributed by atoms with Crippen LogP contribution in [0.5, 0.6) is 0 Å². The van der Waals surface area contributed by atoms with Gasteiger partial charge in [0.1, 0.15) is 5.52 Å². The molecule has 0 fully saturated rings. The number of H-pyrrole nitrogens is 1. The van der Waals surface area contributed by atoms with Crippen LogP contribution in [0.15, 0.2) is 24.3 Å². The molecule has 2 aromatic rings. The average Bonchev–Trinajstić information content (AvgIpc) is 2.83. The number of fused-ring (bicyclic) bond motifs is 1. The van der Waals surface area contributed by atoms with Gasteiger partial charge in [-0.2, -0.15) is 5.10 Å². The van der Waals surface area contributed by atoms with Crippen LogP contribution in [0.25, 0.3) is 16.5 Å². The highest BCUT2D eigenvalue weighted by Gasteiger charge is 2.20. The molecule has 1 aromatic heterocycles. The smallest absolute Gasteiger partial charge is 0.251 e. The first-order valence-corrected chi connectivity index (χ1v) is 6.85. The Labute approximate surface area is 120 Å². The van der Waals surface area contributed by atoms with Crippen LogP contribution in [0.2, 0.25) is 5.02 Å². The maximum absolute atomic E-state index is 12.5. The number of aromatic amines is 1. The zero-order valence-electron chi connectivity index (χ0n) is 10.7. The summed E-state index contributed by atoms with van der Waals surface area (Å²) < 4.78 is 25.0. The van der Waals surface area contributed by atoms with Crippen LogP contribution in [0.3, 0.4) is 0 Å². The number of benzene rings is 1. The molecular weight excluding hydrogens is 284 g/mol. The second-order valence-corrected chi connectivity index (χ2v) is 5.29. The lowest BCUT2D eigenvalue weighted by Crippen LogP contribution is -2.33. The van der Waals surface area contributed by atoms with Gasteiger partial charge < -0.3 is 0 Å². The molecule has 20 heavy (non-hydrogen) atoms. The highest BCUT2D eigenvalue weighted by molar-refractivity contribution is 6.35. The highest BCUT2D eigenvalue weighted by Crippen LogP contribution is 2.29. The van der Waals surface area contributed by atoms with Crippen LogP contribution < -0.4 is 0 Å². The SMILES string of the molecule is FC(F)CN1CCC=C(c2[nH]nc3c(Cl)cccc23)C1.